The lowest BCUT2D eigenvalue weighted by Gasteiger charge is -2.37. The van der Waals surface area contributed by atoms with Crippen LogP contribution < -0.4 is 9.64 Å². The average molecular weight is 423 g/mol. The highest BCUT2D eigenvalue weighted by Crippen LogP contribution is 2.37. The molecule has 0 N–H and O–H groups in total. The molecular weight excluding hydrogens is 396 g/mol. The second kappa shape index (κ2) is 9.60. The van der Waals surface area contributed by atoms with Crippen molar-refractivity contribution in [1.82, 2.24) is 15.0 Å². The van der Waals surface area contributed by atoms with E-state index in [9.17, 15) is 0 Å². The van der Waals surface area contributed by atoms with E-state index >= 15 is 0 Å². The van der Waals surface area contributed by atoms with Crippen molar-refractivity contribution in [1.29, 1.82) is 0 Å². The van der Waals surface area contributed by atoms with Gasteiger partial charge in [0.05, 0.1) is 6.04 Å². The van der Waals surface area contributed by atoms with E-state index in [0.29, 0.717) is 6.61 Å². The maximum absolute atomic E-state index is 6.21. The molecule has 1 aliphatic rings. The Morgan fingerprint density at radius 1 is 0.844 bits per heavy atom. The van der Waals surface area contributed by atoms with Crippen LogP contribution in [0.2, 0.25) is 0 Å². The summed E-state index contributed by atoms with van der Waals surface area (Å²) < 4.78 is 6.21. The molecule has 4 aromatic rings. The maximum atomic E-state index is 6.21. The molecular formula is C27H26N4O. The third-order valence-corrected chi connectivity index (χ3v) is 5.88. The summed E-state index contributed by atoms with van der Waals surface area (Å²) in [4.78, 5) is 16.2. The van der Waals surface area contributed by atoms with E-state index in [1.165, 1.54) is 12.0 Å². The zero-order valence-corrected chi connectivity index (χ0v) is 18.0. The summed E-state index contributed by atoms with van der Waals surface area (Å²) >= 11 is 0. The third-order valence-electron chi connectivity index (χ3n) is 5.88. The van der Waals surface area contributed by atoms with Crippen molar-refractivity contribution in [3.05, 3.63) is 103 Å². The monoisotopic (exact) mass is 422 g/mol. The molecule has 3 aromatic heterocycles. The van der Waals surface area contributed by atoms with Crippen LogP contribution in [0.5, 0.6) is 5.75 Å². The molecule has 5 rings (SSSR count). The molecule has 4 heterocycles. The van der Waals surface area contributed by atoms with E-state index in [1.54, 1.807) is 6.20 Å². The minimum Gasteiger partial charge on any atom is -0.487 e. The van der Waals surface area contributed by atoms with Gasteiger partial charge in [-0.15, -0.1) is 0 Å². The van der Waals surface area contributed by atoms with Crippen molar-refractivity contribution in [3.63, 3.8) is 0 Å². The van der Waals surface area contributed by atoms with Crippen LogP contribution in [0.25, 0.3) is 11.3 Å². The van der Waals surface area contributed by atoms with Crippen molar-refractivity contribution >= 4 is 5.82 Å². The van der Waals surface area contributed by atoms with Gasteiger partial charge in [0, 0.05) is 36.9 Å². The number of rotatable bonds is 6. The minimum absolute atomic E-state index is 0.280. The molecule has 1 aromatic carbocycles. The average Bonchev–Trinajstić information content (AvgIpc) is 2.89. The minimum atomic E-state index is 0.280. The summed E-state index contributed by atoms with van der Waals surface area (Å²) in [6.07, 6.45) is 10.9. The second-order valence-electron chi connectivity index (χ2n) is 8.02. The molecule has 1 fully saturated rings. The van der Waals surface area contributed by atoms with Gasteiger partial charge in [0.1, 0.15) is 23.9 Å². The summed E-state index contributed by atoms with van der Waals surface area (Å²) in [5.41, 5.74) is 4.14. The highest BCUT2D eigenvalue weighted by Gasteiger charge is 2.26. The molecule has 0 spiro atoms. The zero-order chi connectivity index (χ0) is 21.6. The predicted octanol–water partition coefficient (Wildman–Crippen LogP) is 5.85. The van der Waals surface area contributed by atoms with Crippen LogP contribution in [0.15, 0.2) is 91.5 Å². The Hall–Kier alpha value is -3.73. The summed E-state index contributed by atoms with van der Waals surface area (Å²) in [5.74, 6) is 1.73. The first kappa shape index (κ1) is 20.2. The Morgan fingerprint density at radius 2 is 1.69 bits per heavy atom. The van der Waals surface area contributed by atoms with E-state index in [1.807, 2.05) is 61.1 Å². The number of anilines is 1. The van der Waals surface area contributed by atoms with Gasteiger partial charge in [-0.25, -0.2) is 4.98 Å². The first-order chi connectivity index (χ1) is 15.9. The quantitative estimate of drug-likeness (QED) is 0.390. The predicted molar refractivity (Wildman–Crippen MR) is 126 cm³/mol. The second-order valence-corrected chi connectivity index (χ2v) is 8.02. The van der Waals surface area contributed by atoms with E-state index in [-0.39, 0.29) is 6.04 Å². The molecule has 0 bridgehead atoms. The molecule has 1 aliphatic heterocycles. The lowest BCUT2D eigenvalue weighted by molar-refractivity contribution is 0.306. The fraction of sp³-hybridized carbons (Fsp3) is 0.222. The molecule has 5 nitrogen and oxygen atoms in total. The van der Waals surface area contributed by atoms with Crippen molar-refractivity contribution in [3.8, 4) is 17.0 Å². The number of ether oxygens (including phenoxy) is 1. The smallest absolute Gasteiger partial charge is 0.146 e. The SMILES string of the molecule is c1ccc(COc2ccc(N3CCCCC3c3cccnc3)nc2-c2cccnc2)cc1. The van der Waals surface area contributed by atoms with Gasteiger partial charge in [-0.2, -0.15) is 0 Å². The van der Waals surface area contributed by atoms with Crippen LogP contribution in [-0.2, 0) is 6.61 Å². The maximum Gasteiger partial charge on any atom is 0.146 e. The Morgan fingerprint density at radius 3 is 2.47 bits per heavy atom. The molecule has 0 aliphatic carbocycles. The van der Waals surface area contributed by atoms with E-state index < -0.39 is 0 Å². The number of aromatic nitrogens is 3. The van der Waals surface area contributed by atoms with Gasteiger partial charge in [0.15, 0.2) is 0 Å². The molecule has 1 unspecified atom stereocenters. The van der Waals surface area contributed by atoms with Crippen LogP contribution in [0, 0.1) is 0 Å². The molecule has 0 saturated carbocycles. The standard InChI is InChI=1S/C27H26N4O/c1-2-8-21(9-3-1)20-32-25-13-14-26(30-27(25)23-11-7-16-29-19-23)31-17-5-4-12-24(31)22-10-6-15-28-18-22/h1-3,6-11,13-16,18-19,24H,4-5,12,17,20H2. The summed E-state index contributed by atoms with van der Waals surface area (Å²) in [5, 5.41) is 0. The molecule has 0 amide bonds. The summed E-state index contributed by atoms with van der Waals surface area (Å²) in [6, 6.07) is 22.7. The number of hydrogen-bond donors (Lipinski definition) is 0. The molecule has 32 heavy (non-hydrogen) atoms. The summed E-state index contributed by atoms with van der Waals surface area (Å²) in [7, 11) is 0. The van der Waals surface area contributed by atoms with Gasteiger partial charge in [-0.05, 0) is 60.7 Å². The Bertz CT molecular complexity index is 1140. The number of hydrogen-bond acceptors (Lipinski definition) is 5. The number of nitrogens with zero attached hydrogens (tertiary/aromatic N) is 4. The lowest BCUT2D eigenvalue weighted by atomic mass is 9.96. The molecule has 5 heteroatoms. The first-order valence-corrected chi connectivity index (χ1v) is 11.1. The Balaban J connectivity index is 1.49. The number of piperidine rings is 1. The molecule has 160 valence electrons. The van der Waals surface area contributed by atoms with Crippen LogP contribution in [0.1, 0.15) is 36.4 Å². The van der Waals surface area contributed by atoms with Gasteiger partial charge < -0.3 is 9.64 Å². The zero-order valence-electron chi connectivity index (χ0n) is 18.0. The lowest BCUT2D eigenvalue weighted by Crippen LogP contribution is -2.34. The van der Waals surface area contributed by atoms with Crippen molar-refractivity contribution in [2.75, 3.05) is 11.4 Å². The topological polar surface area (TPSA) is 51.1 Å². The van der Waals surface area contributed by atoms with Gasteiger partial charge in [-0.3, -0.25) is 9.97 Å². The van der Waals surface area contributed by atoms with Crippen LogP contribution >= 0.6 is 0 Å². The van der Waals surface area contributed by atoms with E-state index in [4.69, 9.17) is 9.72 Å². The van der Waals surface area contributed by atoms with E-state index in [0.717, 1.165) is 47.8 Å². The molecule has 0 radical (unpaired) electrons. The van der Waals surface area contributed by atoms with Crippen molar-refractivity contribution in [2.24, 2.45) is 0 Å². The fourth-order valence-corrected chi connectivity index (χ4v) is 4.28. The Kier molecular flexibility index (Phi) is 6.06. The van der Waals surface area contributed by atoms with Gasteiger partial charge in [-0.1, -0.05) is 36.4 Å². The van der Waals surface area contributed by atoms with Gasteiger partial charge in [0.2, 0.25) is 0 Å². The molecule has 1 atom stereocenters. The third kappa shape index (κ3) is 4.47. The van der Waals surface area contributed by atoms with Crippen LogP contribution in [-0.4, -0.2) is 21.5 Å². The van der Waals surface area contributed by atoms with Gasteiger partial charge in [0.25, 0.3) is 0 Å². The Labute approximate surface area is 188 Å². The molecule has 1 saturated heterocycles. The summed E-state index contributed by atoms with van der Waals surface area (Å²) in [6.45, 7) is 1.47. The van der Waals surface area contributed by atoms with Crippen LogP contribution in [0.4, 0.5) is 5.82 Å². The van der Waals surface area contributed by atoms with Crippen molar-refractivity contribution in [2.45, 2.75) is 31.9 Å². The van der Waals surface area contributed by atoms with Crippen LogP contribution in [0.3, 0.4) is 0 Å². The van der Waals surface area contributed by atoms with Gasteiger partial charge >= 0.3 is 0 Å². The number of pyridine rings is 3. The normalized spacial score (nSPS) is 16.0. The highest BCUT2D eigenvalue weighted by molar-refractivity contribution is 5.68. The van der Waals surface area contributed by atoms with Crippen molar-refractivity contribution < 1.29 is 4.74 Å². The number of benzene rings is 1. The van der Waals surface area contributed by atoms with E-state index in [2.05, 4.69) is 39.1 Å². The first-order valence-electron chi connectivity index (χ1n) is 11.1. The highest BCUT2D eigenvalue weighted by atomic mass is 16.5. The fourth-order valence-electron chi connectivity index (χ4n) is 4.28. The largest absolute Gasteiger partial charge is 0.487 e.